The third-order valence-electron chi connectivity index (χ3n) is 4.55. The van der Waals surface area contributed by atoms with Crippen LogP contribution in [0.4, 0.5) is 0 Å². The Kier molecular flexibility index (Phi) is 3.85. The van der Waals surface area contributed by atoms with E-state index < -0.39 is 5.97 Å². The van der Waals surface area contributed by atoms with Crippen LogP contribution in [0.25, 0.3) is 0 Å². The minimum atomic E-state index is -0.946. The lowest BCUT2D eigenvalue weighted by molar-refractivity contribution is -0.137. The molecule has 5 heteroatoms. The van der Waals surface area contributed by atoms with E-state index in [2.05, 4.69) is 20.8 Å². The van der Waals surface area contributed by atoms with Crippen LogP contribution in [-0.4, -0.2) is 15.6 Å². The van der Waals surface area contributed by atoms with Gasteiger partial charge in [0.15, 0.2) is 0 Å². The SMILES string of the molecule is CCC(C)(C)C1CCc2c(sc(=O)n2CC(=O)O)C1. The summed E-state index contributed by atoms with van der Waals surface area (Å²) in [6.45, 7) is 6.55. The summed E-state index contributed by atoms with van der Waals surface area (Å²) >= 11 is 1.23. The second-order valence-corrected chi connectivity index (χ2v) is 7.05. The third-order valence-corrected chi connectivity index (χ3v) is 5.59. The monoisotopic (exact) mass is 283 g/mol. The zero-order valence-corrected chi connectivity index (χ0v) is 12.5. The van der Waals surface area contributed by atoms with Crippen LogP contribution in [-0.2, 0) is 24.2 Å². The average Bonchev–Trinajstić information content (AvgIpc) is 2.64. The molecule has 19 heavy (non-hydrogen) atoms. The minimum absolute atomic E-state index is 0.123. The van der Waals surface area contributed by atoms with Gasteiger partial charge in [-0.05, 0) is 30.6 Å². The van der Waals surface area contributed by atoms with Crippen molar-refractivity contribution in [1.82, 2.24) is 4.57 Å². The fourth-order valence-corrected chi connectivity index (χ4v) is 3.91. The van der Waals surface area contributed by atoms with Gasteiger partial charge in [-0.2, -0.15) is 0 Å². The summed E-state index contributed by atoms with van der Waals surface area (Å²) in [5.41, 5.74) is 1.24. The lowest BCUT2D eigenvalue weighted by Crippen LogP contribution is -2.30. The molecule has 0 radical (unpaired) electrons. The van der Waals surface area contributed by atoms with E-state index in [9.17, 15) is 9.59 Å². The van der Waals surface area contributed by atoms with Crippen molar-refractivity contribution >= 4 is 17.3 Å². The van der Waals surface area contributed by atoms with Crippen LogP contribution in [0.1, 0.15) is 44.2 Å². The molecule has 106 valence electrons. The van der Waals surface area contributed by atoms with Gasteiger partial charge in [0.2, 0.25) is 0 Å². The topological polar surface area (TPSA) is 59.3 Å². The number of carboxylic acid groups (broad SMARTS) is 1. The molecule has 1 heterocycles. The summed E-state index contributed by atoms with van der Waals surface area (Å²) in [7, 11) is 0. The van der Waals surface area contributed by atoms with E-state index in [1.807, 2.05) is 0 Å². The fraction of sp³-hybridized carbons (Fsp3) is 0.714. The van der Waals surface area contributed by atoms with E-state index >= 15 is 0 Å². The van der Waals surface area contributed by atoms with Crippen LogP contribution in [0.5, 0.6) is 0 Å². The first kappa shape index (κ1) is 14.3. The molecule has 2 rings (SSSR count). The molecule has 0 spiro atoms. The molecule has 0 bridgehead atoms. The predicted molar refractivity (Wildman–Crippen MR) is 75.8 cm³/mol. The zero-order valence-electron chi connectivity index (χ0n) is 11.7. The highest BCUT2D eigenvalue weighted by atomic mass is 32.1. The molecule has 0 aliphatic heterocycles. The average molecular weight is 283 g/mol. The molecule has 1 aliphatic carbocycles. The number of aliphatic carboxylic acids is 1. The van der Waals surface area contributed by atoms with Gasteiger partial charge in [-0.1, -0.05) is 38.5 Å². The Hall–Kier alpha value is -1.10. The molecular weight excluding hydrogens is 262 g/mol. The van der Waals surface area contributed by atoms with E-state index in [0.717, 1.165) is 36.3 Å². The number of carboxylic acids is 1. The molecule has 1 atom stereocenters. The molecule has 0 saturated heterocycles. The number of hydrogen-bond acceptors (Lipinski definition) is 3. The number of carbonyl (C=O) groups is 1. The van der Waals surface area contributed by atoms with Crippen molar-refractivity contribution in [3.63, 3.8) is 0 Å². The molecule has 1 aromatic rings. The van der Waals surface area contributed by atoms with Crippen molar-refractivity contribution in [1.29, 1.82) is 0 Å². The van der Waals surface area contributed by atoms with Gasteiger partial charge in [0.25, 0.3) is 0 Å². The third kappa shape index (κ3) is 2.76. The van der Waals surface area contributed by atoms with Crippen molar-refractivity contribution in [3.05, 3.63) is 20.2 Å². The van der Waals surface area contributed by atoms with Gasteiger partial charge < -0.3 is 5.11 Å². The zero-order chi connectivity index (χ0) is 14.2. The van der Waals surface area contributed by atoms with Crippen LogP contribution in [0.2, 0.25) is 0 Å². The van der Waals surface area contributed by atoms with Gasteiger partial charge in [0.1, 0.15) is 6.54 Å². The second-order valence-electron chi connectivity index (χ2n) is 6.00. The van der Waals surface area contributed by atoms with Gasteiger partial charge >= 0.3 is 10.8 Å². The molecular formula is C14H21NO3S. The number of hydrogen-bond donors (Lipinski definition) is 1. The smallest absolute Gasteiger partial charge is 0.323 e. The standard InChI is InChI=1S/C14H21NO3S/c1-4-14(2,3)9-5-6-10-11(7-9)19-13(18)15(10)8-12(16)17/h9H,4-8H2,1-3H3,(H,16,17). The molecule has 1 aromatic heterocycles. The normalized spacial score (nSPS) is 19.2. The number of rotatable bonds is 4. The maximum Gasteiger partial charge on any atom is 0.323 e. The second kappa shape index (κ2) is 5.12. The van der Waals surface area contributed by atoms with Gasteiger partial charge in [0, 0.05) is 10.6 Å². The summed E-state index contributed by atoms with van der Waals surface area (Å²) in [6.07, 6.45) is 3.92. The Bertz CT molecular complexity index is 541. The first-order valence-electron chi connectivity index (χ1n) is 6.78. The van der Waals surface area contributed by atoms with E-state index in [1.54, 1.807) is 0 Å². The highest BCUT2D eigenvalue weighted by Gasteiger charge is 2.33. The maximum atomic E-state index is 11.9. The summed E-state index contributed by atoms with van der Waals surface area (Å²) in [5, 5.41) is 8.88. The minimum Gasteiger partial charge on any atom is -0.480 e. The summed E-state index contributed by atoms with van der Waals surface area (Å²) < 4.78 is 1.44. The Labute approximate surface area is 117 Å². The molecule has 1 N–H and O–H groups in total. The molecule has 0 amide bonds. The first-order valence-corrected chi connectivity index (χ1v) is 7.60. The van der Waals surface area contributed by atoms with Gasteiger partial charge in [-0.3, -0.25) is 14.2 Å². The van der Waals surface area contributed by atoms with Crippen molar-refractivity contribution < 1.29 is 9.90 Å². The van der Waals surface area contributed by atoms with E-state index in [0.29, 0.717) is 5.92 Å². The highest BCUT2D eigenvalue weighted by molar-refractivity contribution is 7.09. The van der Waals surface area contributed by atoms with E-state index in [4.69, 9.17) is 5.11 Å². The largest absolute Gasteiger partial charge is 0.480 e. The lowest BCUT2D eigenvalue weighted by atomic mass is 9.70. The Morgan fingerprint density at radius 3 is 2.79 bits per heavy atom. The van der Waals surface area contributed by atoms with Crippen LogP contribution < -0.4 is 4.87 Å². The van der Waals surface area contributed by atoms with E-state index in [-0.39, 0.29) is 16.8 Å². The predicted octanol–water partition coefficient (Wildman–Crippen LogP) is 2.54. The molecule has 0 aromatic carbocycles. The van der Waals surface area contributed by atoms with Gasteiger partial charge in [-0.15, -0.1) is 0 Å². The number of thiazole rings is 1. The Morgan fingerprint density at radius 2 is 2.21 bits per heavy atom. The molecule has 1 unspecified atom stereocenters. The molecule has 0 saturated carbocycles. The van der Waals surface area contributed by atoms with Crippen molar-refractivity contribution in [2.24, 2.45) is 11.3 Å². The quantitative estimate of drug-likeness (QED) is 0.923. The van der Waals surface area contributed by atoms with Crippen LogP contribution >= 0.6 is 11.3 Å². The Balaban J connectivity index is 2.29. The number of aromatic nitrogens is 1. The highest BCUT2D eigenvalue weighted by Crippen LogP contribution is 2.40. The first-order chi connectivity index (χ1) is 8.85. The number of nitrogens with zero attached hydrogens (tertiary/aromatic N) is 1. The van der Waals surface area contributed by atoms with Crippen molar-refractivity contribution in [3.8, 4) is 0 Å². The van der Waals surface area contributed by atoms with Gasteiger partial charge in [0.05, 0.1) is 0 Å². The van der Waals surface area contributed by atoms with Gasteiger partial charge in [-0.25, -0.2) is 0 Å². The van der Waals surface area contributed by atoms with Crippen LogP contribution in [0, 0.1) is 11.3 Å². The summed E-state index contributed by atoms with van der Waals surface area (Å²) in [4.78, 5) is 23.7. The van der Waals surface area contributed by atoms with E-state index in [1.165, 1.54) is 15.9 Å². The molecule has 4 nitrogen and oxygen atoms in total. The molecule has 0 fully saturated rings. The number of fused-ring (bicyclic) bond motifs is 1. The van der Waals surface area contributed by atoms with Crippen LogP contribution in [0.15, 0.2) is 4.79 Å². The van der Waals surface area contributed by atoms with Crippen molar-refractivity contribution in [2.75, 3.05) is 0 Å². The summed E-state index contributed by atoms with van der Waals surface area (Å²) in [6, 6.07) is 0. The lowest BCUT2D eigenvalue weighted by Gasteiger charge is -2.36. The Morgan fingerprint density at radius 1 is 1.53 bits per heavy atom. The fourth-order valence-electron chi connectivity index (χ4n) is 2.80. The maximum absolute atomic E-state index is 11.9. The van der Waals surface area contributed by atoms with Crippen molar-refractivity contribution in [2.45, 2.75) is 53.0 Å². The van der Waals surface area contributed by atoms with Crippen LogP contribution in [0.3, 0.4) is 0 Å². The summed E-state index contributed by atoms with van der Waals surface area (Å²) in [5.74, 6) is -0.361. The molecule has 1 aliphatic rings.